The van der Waals surface area contributed by atoms with Crippen LogP contribution in [0.25, 0.3) is 6.08 Å². The Hall–Kier alpha value is -3.12. The summed E-state index contributed by atoms with van der Waals surface area (Å²) >= 11 is 6.08. The zero-order valence-corrected chi connectivity index (χ0v) is 16.4. The van der Waals surface area contributed by atoms with E-state index in [-0.39, 0.29) is 11.7 Å². The summed E-state index contributed by atoms with van der Waals surface area (Å²) < 4.78 is 5.74. The van der Waals surface area contributed by atoms with E-state index in [4.69, 9.17) is 16.3 Å². The van der Waals surface area contributed by atoms with Crippen LogP contribution in [0.4, 0.5) is 10.5 Å². The quantitative estimate of drug-likeness (QED) is 0.621. The van der Waals surface area contributed by atoms with E-state index in [2.05, 4.69) is 5.32 Å². The van der Waals surface area contributed by atoms with Crippen molar-refractivity contribution >= 4 is 41.2 Å². The molecule has 1 fully saturated rings. The van der Waals surface area contributed by atoms with Crippen molar-refractivity contribution in [3.8, 4) is 5.75 Å². The van der Waals surface area contributed by atoms with Gasteiger partial charge in [-0.2, -0.15) is 0 Å². The Morgan fingerprint density at radius 2 is 1.82 bits per heavy atom. The highest BCUT2D eigenvalue weighted by atomic mass is 35.5. The number of para-hydroxylation sites is 1. The maximum atomic E-state index is 13.0. The summed E-state index contributed by atoms with van der Waals surface area (Å²) in [7, 11) is 0. The number of imide groups is 2. The highest BCUT2D eigenvalue weighted by molar-refractivity contribution is 6.39. The van der Waals surface area contributed by atoms with Crippen molar-refractivity contribution in [3.63, 3.8) is 0 Å². The van der Waals surface area contributed by atoms with Crippen LogP contribution in [0.5, 0.6) is 5.75 Å². The molecule has 2 aromatic carbocycles. The summed E-state index contributed by atoms with van der Waals surface area (Å²) in [6.45, 7) is 5.51. The van der Waals surface area contributed by atoms with Crippen molar-refractivity contribution < 1.29 is 19.1 Å². The first-order valence-corrected chi connectivity index (χ1v) is 9.09. The summed E-state index contributed by atoms with van der Waals surface area (Å²) in [5.74, 6) is -0.999. The molecule has 0 spiro atoms. The van der Waals surface area contributed by atoms with E-state index >= 15 is 0 Å². The molecular formula is C21H19ClN2O4. The van der Waals surface area contributed by atoms with E-state index in [0.717, 1.165) is 10.5 Å². The number of urea groups is 1. The largest absolute Gasteiger partial charge is 0.490 e. The number of aryl methyl sites for hydroxylation is 1. The number of rotatable bonds is 4. The minimum atomic E-state index is -0.786. The van der Waals surface area contributed by atoms with Crippen LogP contribution < -0.4 is 15.0 Å². The fourth-order valence-corrected chi connectivity index (χ4v) is 3.02. The summed E-state index contributed by atoms with van der Waals surface area (Å²) in [6.07, 6.45) is 1.28. The Morgan fingerprint density at radius 1 is 1.11 bits per heavy atom. The minimum absolute atomic E-state index is 0.112. The molecule has 0 bridgehead atoms. The first kappa shape index (κ1) is 19.6. The number of ether oxygens (including phenoxy) is 1. The summed E-state index contributed by atoms with van der Waals surface area (Å²) in [4.78, 5) is 38.7. The molecule has 6 nitrogen and oxygen atoms in total. The second kappa shape index (κ2) is 7.86. The third kappa shape index (κ3) is 3.92. The number of benzene rings is 2. The van der Waals surface area contributed by atoms with E-state index < -0.39 is 17.8 Å². The normalized spacial score (nSPS) is 16.0. The zero-order chi connectivity index (χ0) is 20.4. The van der Waals surface area contributed by atoms with Crippen LogP contribution in [-0.4, -0.2) is 23.9 Å². The Balaban J connectivity index is 2.08. The van der Waals surface area contributed by atoms with Crippen LogP contribution in [0.15, 0.2) is 48.0 Å². The highest BCUT2D eigenvalue weighted by Gasteiger charge is 2.37. The van der Waals surface area contributed by atoms with Gasteiger partial charge in [0.1, 0.15) is 11.3 Å². The molecule has 0 aliphatic carbocycles. The second-order valence-electron chi connectivity index (χ2n) is 6.59. The van der Waals surface area contributed by atoms with Gasteiger partial charge in [-0.1, -0.05) is 29.8 Å². The Labute approximate surface area is 167 Å². The first-order chi connectivity index (χ1) is 13.3. The van der Waals surface area contributed by atoms with E-state index in [1.807, 2.05) is 13.8 Å². The predicted octanol–water partition coefficient (Wildman–Crippen LogP) is 4.10. The molecule has 1 aliphatic rings. The van der Waals surface area contributed by atoms with Gasteiger partial charge >= 0.3 is 6.03 Å². The predicted molar refractivity (Wildman–Crippen MR) is 107 cm³/mol. The molecule has 1 N–H and O–H groups in total. The third-order valence-electron chi connectivity index (χ3n) is 4.09. The summed E-state index contributed by atoms with van der Waals surface area (Å²) in [5.41, 5.74) is 1.43. The first-order valence-electron chi connectivity index (χ1n) is 8.71. The topological polar surface area (TPSA) is 75.7 Å². The molecule has 4 amide bonds. The van der Waals surface area contributed by atoms with Crippen molar-refractivity contribution in [2.45, 2.75) is 26.9 Å². The van der Waals surface area contributed by atoms with Gasteiger partial charge in [0, 0.05) is 10.6 Å². The number of carbonyl (C=O) groups is 3. The molecule has 0 saturated carbocycles. The summed E-state index contributed by atoms with van der Waals surface area (Å²) in [5, 5.41) is 2.64. The van der Waals surface area contributed by atoms with Crippen LogP contribution in [-0.2, 0) is 9.59 Å². The molecule has 0 atom stereocenters. The number of barbiturate groups is 1. The van der Waals surface area contributed by atoms with Gasteiger partial charge in [-0.15, -0.1) is 0 Å². The van der Waals surface area contributed by atoms with Crippen LogP contribution in [0.1, 0.15) is 25.0 Å². The van der Waals surface area contributed by atoms with Gasteiger partial charge in [0.05, 0.1) is 11.8 Å². The van der Waals surface area contributed by atoms with E-state index in [9.17, 15) is 14.4 Å². The molecule has 1 heterocycles. The standard InChI is InChI=1S/C21H19ClN2O4/c1-12(2)28-18-9-8-15(22)10-14(18)11-16-19(25)23-21(27)24(20(16)26)17-7-5-4-6-13(17)3/h4-12H,1-3H3,(H,23,25,27)/b16-11+. The molecular weight excluding hydrogens is 380 g/mol. The fourth-order valence-electron chi connectivity index (χ4n) is 2.84. The Morgan fingerprint density at radius 3 is 2.50 bits per heavy atom. The number of halogens is 1. The van der Waals surface area contributed by atoms with Crippen molar-refractivity contribution in [1.82, 2.24) is 5.32 Å². The third-order valence-corrected chi connectivity index (χ3v) is 4.33. The molecule has 7 heteroatoms. The van der Waals surface area contributed by atoms with Crippen molar-refractivity contribution in [1.29, 1.82) is 0 Å². The lowest BCUT2D eigenvalue weighted by Gasteiger charge is -2.27. The molecule has 0 aromatic heterocycles. The highest BCUT2D eigenvalue weighted by Crippen LogP contribution is 2.29. The molecule has 3 rings (SSSR count). The summed E-state index contributed by atoms with van der Waals surface area (Å²) in [6, 6.07) is 11.1. The average molecular weight is 399 g/mol. The monoisotopic (exact) mass is 398 g/mol. The van der Waals surface area contributed by atoms with Crippen molar-refractivity contribution in [2.24, 2.45) is 0 Å². The van der Waals surface area contributed by atoms with Gasteiger partial charge in [0.25, 0.3) is 11.8 Å². The lowest BCUT2D eigenvalue weighted by atomic mass is 10.0. The van der Waals surface area contributed by atoms with E-state index in [0.29, 0.717) is 22.0 Å². The van der Waals surface area contributed by atoms with Crippen molar-refractivity contribution in [3.05, 3.63) is 64.2 Å². The number of hydrogen-bond donors (Lipinski definition) is 1. The SMILES string of the molecule is Cc1ccccc1N1C(=O)NC(=O)/C(=C\c2cc(Cl)ccc2OC(C)C)C1=O. The molecule has 0 radical (unpaired) electrons. The number of nitrogens with zero attached hydrogens (tertiary/aromatic N) is 1. The molecule has 1 saturated heterocycles. The molecule has 2 aromatic rings. The minimum Gasteiger partial charge on any atom is -0.490 e. The molecule has 144 valence electrons. The second-order valence-corrected chi connectivity index (χ2v) is 7.03. The lowest BCUT2D eigenvalue weighted by molar-refractivity contribution is -0.122. The van der Waals surface area contributed by atoms with Gasteiger partial charge in [-0.05, 0) is 56.7 Å². The number of carbonyl (C=O) groups excluding carboxylic acids is 3. The fraction of sp³-hybridized carbons (Fsp3) is 0.190. The Bertz CT molecular complexity index is 998. The lowest BCUT2D eigenvalue weighted by Crippen LogP contribution is -2.54. The average Bonchev–Trinajstić information content (AvgIpc) is 2.62. The van der Waals surface area contributed by atoms with Gasteiger partial charge in [-0.3, -0.25) is 14.9 Å². The Kier molecular flexibility index (Phi) is 5.51. The number of nitrogens with one attached hydrogen (secondary N) is 1. The number of hydrogen-bond acceptors (Lipinski definition) is 4. The number of amides is 4. The maximum Gasteiger partial charge on any atom is 0.335 e. The van der Waals surface area contributed by atoms with Gasteiger partial charge < -0.3 is 4.74 Å². The number of anilines is 1. The molecule has 28 heavy (non-hydrogen) atoms. The zero-order valence-electron chi connectivity index (χ0n) is 15.7. The maximum absolute atomic E-state index is 13.0. The van der Waals surface area contributed by atoms with Gasteiger partial charge in [-0.25, -0.2) is 9.69 Å². The van der Waals surface area contributed by atoms with Gasteiger partial charge in [0.2, 0.25) is 0 Å². The smallest absolute Gasteiger partial charge is 0.335 e. The molecule has 0 unspecified atom stereocenters. The van der Waals surface area contributed by atoms with Crippen LogP contribution >= 0.6 is 11.6 Å². The van der Waals surface area contributed by atoms with Crippen LogP contribution in [0.3, 0.4) is 0 Å². The van der Waals surface area contributed by atoms with Crippen LogP contribution in [0.2, 0.25) is 5.02 Å². The van der Waals surface area contributed by atoms with Crippen molar-refractivity contribution in [2.75, 3.05) is 4.90 Å². The van der Waals surface area contributed by atoms with E-state index in [1.165, 1.54) is 6.08 Å². The molecule has 1 aliphatic heterocycles. The van der Waals surface area contributed by atoms with E-state index in [1.54, 1.807) is 49.4 Å². The van der Waals surface area contributed by atoms with Gasteiger partial charge in [0.15, 0.2) is 0 Å². The van der Waals surface area contributed by atoms with Crippen LogP contribution in [0, 0.1) is 6.92 Å².